The van der Waals surface area contributed by atoms with Crippen LogP contribution in [-0.4, -0.2) is 215 Å². The quantitative estimate of drug-likeness (QED) is 0.0266. The van der Waals surface area contributed by atoms with Crippen LogP contribution in [0.15, 0.2) is 60.8 Å². The van der Waals surface area contributed by atoms with Crippen molar-refractivity contribution in [2.75, 3.05) is 38.2 Å². The monoisotopic (exact) mass is 1560 g/mol. The minimum atomic E-state index is -1.83. The summed E-state index contributed by atoms with van der Waals surface area (Å²) < 4.78 is 0. The standard InChI is InChI=1S/C74H118N18O17S/c1-10-41(6)60(71(105)84-49(26-18-20-29-75)65(99)86-52(32-40(4)5)67(101)85-51(74(108)109)27-19-21-30-76)91-70(104)55(36-58(79)95)87-66(100)50(28-31-110-9)83-69(103)54(35-57(78)94)82-59(96)38-81-64(98)56(39-93)89-68(102)53(33-44-22-14-13-15-23-44)88-72(106)61(42(7)11-2)92-73(107)62(43(8)12-3)90-63(97)47(77)34-45-37-80-48-25-17-16-24-46(45)48/h13-17,22-25,37,40-43,47,49-56,60-62,80,93H,10-12,18-21,26-36,38-39,75-77H2,1-9H3,(H2,78,94)(H2,79,95)(H,81,98)(H,82,96)(H,83,103)(H,84,105)(H,85,101)(H,86,99)(H,87,100)(H,88,106)(H,89,102)(H,90,97)(H,91,104)(H,92,107)(H,108,109)/t41-,42-,43-,47-,49-,50-,51-,52-,53-,54-,55-,56-,60-,61-,62-/m0/s1. The summed E-state index contributed by atoms with van der Waals surface area (Å²) in [6, 6.07) is -1.30. The van der Waals surface area contributed by atoms with Gasteiger partial charge >= 0.3 is 5.97 Å². The Morgan fingerprint density at radius 2 is 0.882 bits per heavy atom. The number of aliphatic hydroxyl groups excluding tert-OH is 1. The molecular weight excluding hydrogens is 1440 g/mol. The summed E-state index contributed by atoms with van der Waals surface area (Å²) >= 11 is 1.23. The van der Waals surface area contributed by atoms with Gasteiger partial charge in [-0.05, 0) is 124 Å². The lowest BCUT2D eigenvalue weighted by atomic mass is 9.94. The van der Waals surface area contributed by atoms with Gasteiger partial charge < -0.3 is 108 Å². The van der Waals surface area contributed by atoms with Gasteiger partial charge in [-0.2, -0.15) is 11.8 Å². The zero-order valence-electron chi connectivity index (χ0n) is 64.5. The van der Waals surface area contributed by atoms with E-state index in [0.29, 0.717) is 50.6 Å². The largest absolute Gasteiger partial charge is 0.480 e. The Hall–Kier alpha value is -9.78. The number of carboxylic acid groups (broad SMARTS) is 1. The molecule has 25 N–H and O–H groups in total. The number of primary amides is 2. The maximum absolute atomic E-state index is 14.5. The SMILES string of the molecule is CC[C@H](C)[C@H](NC(=O)[C@H](CC(N)=O)NC(=O)[C@H](CCSC)NC(=O)[C@H](CC(N)=O)NC(=O)CNC(=O)[C@H](CO)NC(=O)[C@H](Cc1ccccc1)NC(=O)[C@@H](NC(=O)[C@@H](NC(=O)[C@@H](N)Cc1c[nH]c2ccccc12)[C@@H](C)CC)[C@@H](C)CC)C(=O)N[C@@H](CCCCN)C(=O)N[C@@H](CC(C)C)C(=O)N[C@@H](CCCCN)C(=O)O. The van der Waals surface area contributed by atoms with Gasteiger partial charge in [-0.15, -0.1) is 0 Å². The lowest BCUT2D eigenvalue weighted by molar-refractivity contribution is -0.142. The van der Waals surface area contributed by atoms with E-state index < -0.39 is 205 Å². The summed E-state index contributed by atoms with van der Waals surface area (Å²) in [4.78, 5) is 209. The number of aromatic nitrogens is 1. The molecule has 0 unspecified atom stereocenters. The van der Waals surface area contributed by atoms with Crippen LogP contribution in [0.5, 0.6) is 0 Å². The number of thioether (sulfide) groups is 1. The Kier molecular flexibility index (Phi) is 42.4. The number of para-hydroxylation sites is 1. The first-order valence-electron chi connectivity index (χ1n) is 37.4. The predicted octanol–water partition coefficient (Wildman–Crippen LogP) is -2.25. The van der Waals surface area contributed by atoms with Crippen LogP contribution in [0, 0.1) is 23.7 Å². The molecule has 612 valence electrons. The number of benzene rings is 2. The predicted molar refractivity (Wildman–Crippen MR) is 413 cm³/mol. The van der Waals surface area contributed by atoms with E-state index in [-0.39, 0.29) is 63.2 Å². The molecule has 110 heavy (non-hydrogen) atoms. The molecule has 2 aromatic carbocycles. The number of hydrogen-bond acceptors (Lipinski definition) is 20. The van der Waals surface area contributed by atoms with Gasteiger partial charge in [0.1, 0.15) is 66.5 Å². The number of hydrogen-bond donors (Lipinski definition) is 20. The molecule has 0 fully saturated rings. The summed E-state index contributed by atoms with van der Waals surface area (Å²) in [6.07, 6.45) is 4.40. The Labute approximate surface area is 646 Å². The van der Waals surface area contributed by atoms with Crippen molar-refractivity contribution in [3.05, 3.63) is 71.9 Å². The minimum absolute atomic E-state index is 0.00554. The van der Waals surface area contributed by atoms with Crippen LogP contribution in [0.3, 0.4) is 0 Å². The Bertz CT molecular complexity index is 3550. The number of amides is 14. The number of H-pyrrole nitrogens is 1. The first-order valence-corrected chi connectivity index (χ1v) is 38.8. The van der Waals surface area contributed by atoms with Crippen molar-refractivity contribution < 1.29 is 82.1 Å². The molecule has 0 radical (unpaired) electrons. The zero-order valence-corrected chi connectivity index (χ0v) is 65.3. The minimum Gasteiger partial charge on any atom is -0.480 e. The van der Waals surface area contributed by atoms with Crippen LogP contribution in [-0.2, 0) is 84.8 Å². The lowest BCUT2D eigenvalue weighted by Gasteiger charge is -2.30. The van der Waals surface area contributed by atoms with Crippen LogP contribution in [0.2, 0.25) is 0 Å². The number of carboxylic acids is 1. The molecule has 15 atom stereocenters. The van der Waals surface area contributed by atoms with Gasteiger partial charge in [0.15, 0.2) is 0 Å². The summed E-state index contributed by atoms with van der Waals surface area (Å²) in [5.74, 6) is -16.3. The molecule has 1 heterocycles. The van der Waals surface area contributed by atoms with Gasteiger partial charge in [-0.3, -0.25) is 67.1 Å². The average molecular weight is 1560 g/mol. The van der Waals surface area contributed by atoms with Crippen molar-refractivity contribution in [2.45, 2.75) is 224 Å². The Morgan fingerprint density at radius 3 is 1.40 bits per heavy atom. The highest BCUT2D eigenvalue weighted by Gasteiger charge is 2.39. The highest BCUT2D eigenvalue weighted by molar-refractivity contribution is 7.98. The lowest BCUT2D eigenvalue weighted by Crippen LogP contribution is -2.61. The smallest absolute Gasteiger partial charge is 0.326 e. The third-order valence-corrected chi connectivity index (χ3v) is 19.4. The number of fused-ring (bicyclic) bond motifs is 1. The number of aromatic amines is 1. The Morgan fingerprint density at radius 1 is 0.464 bits per heavy atom. The molecule has 35 nitrogen and oxygen atoms in total. The van der Waals surface area contributed by atoms with Crippen molar-refractivity contribution in [3.63, 3.8) is 0 Å². The molecule has 0 bridgehead atoms. The molecule has 0 aliphatic carbocycles. The number of nitrogens with one attached hydrogen (secondary N) is 13. The van der Waals surface area contributed by atoms with E-state index in [1.165, 1.54) is 11.8 Å². The van der Waals surface area contributed by atoms with Crippen LogP contribution in [0.25, 0.3) is 10.9 Å². The van der Waals surface area contributed by atoms with E-state index >= 15 is 0 Å². The third kappa shape index (κ3) is 32.4. The molecule has 0 aliphatic rings. The molecule has 0 aliphatic heterocycles. The van der Waals surface area contributed by atoms with Gasteiger partial charge in [0, 0.05) is 23.5 Å². The molecule has 3 rings (SSSR count). The highest BCUT2D eigenvalue weighted by Crippen LogP contribution is 2.21. The van der Waals surface area contributed by atoms with Gasteiger partial charge in [0.05, 0.1) is 32.0 Å². The van der Waals surface area contributed by atoms with E-state index in [4.69, 9.17) is 28.7 Å². The van der Waals surface area contributed by atoms with Crippen LogP contribution in [0.1, 0.15) is 150 Å². The second-order valence-corrected chi connectivity index (χ2v) is 29.1. The Balaban J connectivity index is 1.81. The van der Waals surface area contributed by atoms with E-state index in [0.717, 1.165) is 16.5 Å². The number of aliphatic carboxylic acids is 1. The zero-order chi connectivity index (χ0) is 82.3. The van der Waals surface area contributed by atoms with Gasteiger partial charge in [0.25, 0.3) is 0 Å². The fourth-order valence-corrected chi connectivity index (χ4v) is 12.2. The number of aliphatic hydroxyl groups is 1. The van der Waals surface area contributed by atoms with Crippen LogP contribution < -0.4 is 92.5 Å². The molecular formula is C74H118N18O17S. The number of nitrogens with two attached hydrogens (primary N) is 5. The summed E-state index contributed by atoms with van der Waals surface area (Å²) in [5, 5.41) is 51.6. The normalized spacial score (nSPS) is 15.4. The van der Waals surface area contributed by atoms with E-state index in [9.17, 15) is 82.1 Å². The number of carbonyl (C=O) groups is 15. The summed E-state index contributed by atoms with van der Waals surface area (Å²) in [5.41, 5.74) is 31.1. The topological polar surface area (TPSA) is 587 Å². The molecule has 14 amide bonds. The first-order chi connectivity index (χ1) is 52.2. The molecule has 36 heteroatoms. The number of rotatable bonds is 53. The van der Waals surface area contributed by atoms with Crippen LogP contribution >= 0.6 is 11.8 Å². The second kappa shape index (κ2) is 49.4. The van der Waals surface area contributed by atoms with E-state index in [1.807, 2.05) is 31.2 Å². The van der Waals surface area contributed by atoms with Crippen molar-refractivity contribution in [3.8, 4) is 0 Å². The fourth-order valence-electron chi connectivity index (χ4n) is 11.7. The van der Waals surface area contributed by atoms with Gasteiger partial charge in [0.2, 0.25) is 82.7 Å². The van der Waals surface area contributed by atoms with Crippen molar-refractivity contribution >= 4 is 111 Å². The fraction of sp³-hybridized carbons (Fsp3) is 0.608. The van der Waals surface area contributed by atoms with Gasteiger partial charge in [-0.1, -0.05) is 123 Å². The molecule has 0 spiro atoms. The maximum Gasteiger partial charge on any atom is 0.326 e. The summed E-state index contributed by atoms with van der Waals surface area (Å²) in [7, 11) is 0. The molecule has 3 aromatic rings. The van der Waals surface area contributed by atoms with Crippen molar-refractivity contribution in [1.82, 2.24) is 68.8 Å². The van der Waals surface area contributed by atoms with Crippen molar-refractivity contribution in [1.29, 1.82) is 0 Å². The third-order valence-electron chi connectivity index (χ3n) is 18.8. The average Bonchev–Trinajstić information content (AvgIpc) is 1.54. The van der Waals surface area contributed by atoms with E-state index in [2.05, 4.69) is 68.8 Å². The summed E-state index contributed by atoms with van der Waals surface area (Å²) in [6.45, 7) is 12.5. The second-order valence-electron chi connectivity index (χ2n) is 28.1. The van der Waals surface area contributed by atoms with Crippen LogP contribution in [0.4, 0.5) is 0 Å². The first kappa shape index (κ1) is 94.4. The number of unbranched alkanes of at least 4 members (excludes halogenated alkanes) is 2. The van der Waals surface area contributed by atoms with E-state index in [1.54, 1.807) is 91.3 Å². The van der Waals surface area contributed by atoms with Gasteiger partial charge in [-0.25, -0.2) is 4.79 Å². The highest BCUT2D eigenvalue weighted by atomic mass is 32.2. The molecule has 0 saturated carbocycles. The van der Waals surface area contributed by atoms with Crippen molar-refractivity contribution in [2.24, 2.45) is 52.3 Å². The molecule has 0 saturated heterocycles. The maximum atomic E-state index is 14.5. The molecule has 1 aromatic heterocycles. The number of carbonyl (C=O) groups excluding carboxylic acids is 14.